The van der Waals surface area contributed by atoms with E-state index < -0.39 is 40.8 Å². The van der Waals surface area contributed by atoms with Gasteiger partial charge in [0.1, 0.15) is 17.7 Å². The van der Waals surface area contributed by atoms with Crippen molar-refractivity contribution in [3.05, 3.63) is 29.3 Å². The Bertz CT molecular complexity index is 508. The van der Waals surface area contributed by atoms with Gasteiger partial charge >= 0.3 is 5.97 Å². The quantitative estimate of drug-likeness (QED) is 0.728. The molecule has 0 spiro atoms. The van der Waals surface area contributed by atoms with E-state index in [1.54, 1.807) is 0 Å². The molecule has 19 heavy (non-hydrogen) atoms. The van der Waals surface area contributed by atoms with Crippen LogP contribution in [-0.4, -0.2) is 36.7 Å². The fourth-order valence-electron chi connectivity index (χ4n) is 1.29. The average Bonchev–Trinajstić information content (AvgIpc) is 2.32. The van der Waals surface area contributed by atoms with Crippen LogP contribution in [0, 0.1) is 11.6 Å². The molecule has 4 N–H and O–H groups in total. The van der Waals surface area contributed by atoms with Gasteiger partial charge in [0.25, 0.3) is 0 Å². The second kappa shape index (κ2) is 6.21. The Hall–Kier alpha value is -2.06. The highest BCUT2D eigenvalue weighted by Gasteiger charge is 2.19. The first kappa shape index (κ1) is 15.0. The highest BCUT2D eigenvalue weighted by atomic mass is 19.1. The number of aromatic carboxylic acids is 1. The van der Waals surface area contributed by atoms with Crippen molar-refractivity contribution in [1.29, 1.82) is 0 Å². The molecule has 1 unspecified atom stereocenters. The predicted molar refractivity (Wildman–Crippen MR) is 61.8 cm³/mol. The summed E-state index contributed by atoms with van der Waals surface area (Å²) in [6, 6.07) is 0.00782. The molecule has 1 rings (SSSR count). The van der Waals surface area contributed by atoms with E-state index in [1.807, 2.05) is 0 Å². The Morgan fingerprint density at radius 1 is 1.42 bits per heavy atom. The lowest BCUT2D eigenvalue weighted by Crippen LogP contribution is -2.39. The first-order valence-electron chi connectivity index (χ1n) is 5.14. The maximum absolute atomic E-state index is 13.4. The van der Waals surface area contributed by atoms with Crippen LogP contribution in [0.2, 0.25) is 0 Å². The van der Waals surface area contributed by atoms with Crippen molar-refractivity contribution in [2.24, 2.45) is 5.73 Å². The van der Waals surface area contributed by atoms with Gasteiger partial charge in [0, 0.05) is 13.2 Å². The number of amides is 1. The lowest BCUT2D eigenvalue weighted by molar-refractivity contribution is -0.118. The molecule has 0 bridgehead atoms. The van der Waals surface area contributed by atoms with E-state index in [2.05, 4.69) is 10.1 Å². The number of carbonyl (C=O) groups excluding carboxylic acids is 1. The van der Waals surface area contributed by atoms with E-state index in [0.717, 1.165) is 0 Å². The minimum Gasteiger partial charge on any atom is -0.478 e. The molecule has 0 aliphatic heterocycles. The Morgan fingerprint density at radius 3 is 2.58 bits per heavy atom. The van der Waals surface area contributed by atoms with Crippen molar-refractivity contribution >= 4 is 17.6 Å². The second-order valence-electron chi connectivity index (χ2n) is 3.67. The highest BCUT2D eigenvalue weighted by molar-refractivity contribution is 5.96. The van der Waals surface area contributed by atoms with Crippen molar-refractivity contribution in [2.45, 2.75) is 6.04 Å². The van der Waals surface area contributed by atoms with Gasteiger partial charge < -0.3 is 20.9 Å². The van der Waals surface area contributed by atoms with E-state index in [4.69, 9.17) is 10.8 Å². The Morgan fingerprint density at radius 2 is 2.05 bits per heavy atom. The van der Waals surface area contributed by atoms with Crippen LogP contribution in [0.25, 0.3) is 0 Å². The van der Waals surface area contributed by atoms with Crippen molar-refractivity contribution in [3.63, 3.8) is 0 Å². The number of nitrogens with two attached hydrogens (primary N) is 1. The van der Waals surface area contributed by atoms with E-state index in [0.29, 0.717) is 12.1 Å². The summed E-state index contributed by atoms with van der Waals surface area (Å²) < 4.78 is 31.1. The SMILES string of the molecule is COCC(N)C(=O)Nc1cc(C(=O)O)c(F)cc1F. The maximum Gasteiger partial charge on any atom is 0.338 e. The topological polar surface area (TPSA) is 102 Å². The number of methoxy groups -OCH3 is 1. The molecule has 1 amide bonds. The Kier molecular flexibility index (Phi) is 4.90. The van der Waals surface area contributed by atoms with Crippen LogP contribution in [0.4, 0.5) is 14.5 Å². The molecule has 6 nitrogen and oxygen atoms in total. The molecule has 0 saturated carbocycles. The van der Waals surface area contributed by atoms with Gasteiger partial charge in [0.2, 0.25) is 5.91 Å². The molecule has 0 aromatic heterocycles. The van der Waals surface area contributed by atoms with Crippen LogP contribution in [0.1, 0.15) is 10.4 Å². The molecule has 1 atom stereocenters. The number of carbonyl (C=O) groups is 2. The molecule has 0 heterocycles. The van der Waals surface area contributed by atoms with Gasteiger partial charge in [-0.05, 0) is 6.07 Å². The number of benzene rings is 1. The smallest absolute Gasteiger partial charge is 0.338 e. The number of hydrogen-bond donors (Lipinski definition) is 3. The fraction of sp³-hybridized carbons (Fsp3) is 0.273. The second-order valence-corrected chi connectivity index (χ2v) is 3.67. The van der Waals surface area contributed by atoms with Crippen LogP contribution in [0.15, 0.2) is 12.1 Å². The van der Waals surface area contributed by atoms with Crippen LogP contribution >= 0.6 is 0 Å². The summed E-state index contributed by atoms with van der Waals surface area (Å²) in [7, 11) is 1.33. The standard InChI is InChI=1S/C11H12F2N2O4/c1-19-4-8(14)10(16)15-9-2-5(11(17)18)6(12)3-7(9)13/h2-3,8H,4,14H2,1H3,(H,15,16)(H,17,18). The zero-order chi connectivity index (χ0) is 14.6. The summed E-state index contributed by atoms with van der Waals surface area (Å²) in [5, 5.41) is 10.8. The van der Waals surface area contributed by atoms with Gasteiger partial charge in [-0.15, -0.1) is 0 Å². The van der Waals surface area contributed by atoms with E-state index in [-0.39, 0.29) is 6.61 Å². The minimum absolute atomic E-state index is 0.0968. The van der Waals surface area contributed by atoms with Gasteiger partial charge in [-0.1, -0.05) is 0 Å². The molecule has 0 aliphatic rings. The normalized spacial score (nSPS) is 12.0. The number of hydrogen-bond acceptors (Lipinski definition) is 4. The lowest BCUT2D eigenvalue weighted by atomic mass is 10.1. The zero-order valence-electron chi connectivity index (χ0n) is 9.94. The number of anilines is 1. The number of ether oxygens (including phenoxy) is 1. The third kappa shape index (κ3) is 3.70. The van der Waals surface area contributed by atoms with E-state index >= 15 is 0 Å². The van der Waals surface area contributed by atoms with Crippen LogP contribution in [0.5, 0.6) is 0 Å². The Labute approximate surface area is 107 Å². The first-order valence-corrected chi connectivity index (χ1v) is 5.14. The van der Waals surface area contributed by atoms with Crippen LogP contribution in [0.3, 0.4) is 0 Å². The number of carboxylic acid groups (broad SMARTS) is 1. The fourth-order valence-corrected chi connectivity index (χ4v) is 1.29. The van der Waals surface area contributed by atoms with Crippen LogP contribution in [-0.2, 0) is 9.53 Å². The third-order valence-electron chi connectivity index (χ3n) is 2.23. The number of halogens is 2. The number of nitrogens with one attached hydrogen (secondary N) is 1. The number of rotatable bonds is 5. The van der Waals surface area contributed by atoms with Crippen molar-refractivity contribution in [3.8, 4) is 0 Å². The lowest BCUT2D eigenvalue weighted by Gasteiger charge is -2.12. The summed E-state index contributed by atoms with van der Waals surface area (Å²) in [6.45, 7) is -0.0968. The van der Waals surface area contributed by atoms with Crippen molar-refractivity contribution in [1.82, 2.24) is 0 Å². The maximum atomic E-state index is 13.4. The third-order valence-corrected chi connectivity index (χ3v) is 2.23. The predicted octanol–water partition coefficient (Wildman–Crippen LogP) is 0.575. The molecule has 0 fully saturated rings. The minimum atomic E-state index is -1.57. The summed E-state index contributed by atoms with van der Waals surface area (Å²) in [4.78, 5) is 22.2. The molecule has 0 saturated heterocycles. The van der Waals surface area contributed by atoms with Gasteiger partial charge in [-0.25, -0.2) is 13.6 Å². The molecule has 8 heteroatoms. The molecular weight excluding hydrogens is 262 g/mol. The van der Waals surface area contributed by atoms with Crippen molar-refractivity contribution in [2.75, 3.05) is 19.0 Å². The van der Waals surface area contributed by atoms with Gasteiger partial charge in [-0.3, -0.25) is 4.79 Å². The number of carboxylic acids is 1. The van der Waals surface area contributed by atoms with Gasteiger partial charge in [0.05, 0.1) is 17.9 Å². The van der Waals surface area contributed by atoms with Gasteiger partial charge in [-0.2, -0.15) is 0 Å². The van der Waals surface area contributed by atoms with Crippen molar-refractivity contribution < 1.29 is 28.2 Å². The molecule has 0 radical (unpaired) electrons. The summed E-state index contributed by atoms with van der Waals surface area (Å²) in [5.41, 5.74) is 4.19. The monoisotopic (exact) mass is 274 g/mol. The first-order chi connectivity index (χ1) is 8.86. The Balaban J connectivity index is 2.98. The largest absolute Gasteiger partial charge is 0.478 e. The summed E-state index contributed by atoms with van der Waals surface area (Å²) in [6.07, 6.45) is 0. The molecule has 0 aliphatic carbocycles. The van der Waals surface area contributed by atoms with E-state index in [1.165, 1.54) is 7.11 Å². The summed E-state index contributed by atoms with van der Waals surface area (Å²) in [5.74, 6) is -4.68. The average molecular weight is 274 g/mol. The highest BCUT2D eigenvalue weighted by Crippen LogP contribution is 2.19. The molecule has 104 valence electrons. The molecule has 1 aromatic carbocycles. The van der Waals surface area contributed by atoms with E-state index in [9.17, 15) is 18.4 Å². The van der Waals surface area contributed by atoms with Crippen LogP contribution < -0.4 is 11.1 Å². The molecule has 1 aromatic rings. The zero-order valence-corrected chi connectivity index (χ0v) is 9.94. The van der Waals surface area contributed by atoms with Gasteiger partial charge in [0.15, 0.2) is 0 Å². The summed E-state index contributed by atoms with van der Waals surface area (Å²) >= 11 is 0. The molecular formula is C11H12F2N2O4.